The van der Waals surface area contributed by atoms with Crippen molar-refractivity contribution in [3.05, 3.63) is 0 Å². The average Bonchev–Trinajstić information content (AvgIpc) is 1.92. The second-order valence-electron chi connectivity index (χ2n) is 1.94. The summed E-state index contributed by atoms with van der Waals surface area (Å²) in [5.74, 6) is 0.833. The largest absolute Gasteiger partial charge is 0.483 e. The van der Waals surface area contributed by atoms with Gasteiger partial charge in [0.15, 0.2) is 0 Å². The first kappa shape index (κ1) is 22.4. The highest BCUT2D eigenvalue weighted by atomic mass is 16.3. The Morgan fingerprint density at radius 2 is 0.917 bits per heavy atom. The first-order chi connectivity index (χ1) is 5.56. The summed E-state index contributed by atoms with van der Waals surface area (Å²) in [6.07, 6.45) is 0. The highest BCUT2D eigenvalue weighted by Crippen LogP contribution is 1.81. The quantitative estimate of drug-likeness (QED) is 0.560. The van der Waals surface area contributed by atoms with E-state index < -0.39 is 0 Å². The fourth-order valence-corrected chi connectivity index (χ4v) is 0. The second kappa shape index (κ2) is 51.2. The van der Waals surface area contributed by atoms with Crippen molar-refractivity contribution in [1.82, 2.24) is 0 Å². The maximum atomic E-state index is 8.36. The zero-order chi connectivity index (χ0) is 11.0. The molecule has 76 valence electrons. The number of hydrogen-bond donors (Lipinski definition) is 2. The summed E-state index contributed by atoms with van der Waals surface area (Å²) in [5, 5.41) is 13.8. The smallest absolute Gasteiger partial charge is 0.290 e. The average molecular weight is 180 g/mol. The summed E-state index contributed by atoms with van der Waals surface area (Å²) in [6, 6.07) is 0. The molecule has 0 aliphatic heterocycles. The molecule has 0 amide bonds. The second-order valence-corrected chi connectivity index (χ2v) is 1.94. The standard InChI is InChI=1S/C4H10.C2H6.2CH2O2/c1-4(2)3;1-2;2*2-1-3/h4H,1-3H3;1-2H3;2*1H,(H,2,3). The van der Waals surface area contributed by atoms with Gasteiger partial charge in [-0.25, -0.2) is 0 Å². The number of carbonyl (C=O) groups is 2. The molecule has 0 aliphatic rings. The van der Waals surface area contributed by atoms with Crippen LogP contribution in [0.3, 0.4) is 0 Å². The van der Waals surface area contributed by atoms with E-state index in [4.69, 9.17) is 19.8 Å². The molecule has 0 aliphatic carbocycles. The Labute approximate surface area is 74.2 Å². The molecule has 4 nitrogen and oxygen atoms in total. The molecule has 0 saturated heterocycles. The van der Waals surface area contributed by atoms with E-state index in [9.17, 15) is 0 Å². The summed E-state index contributed by atoms with van der Waals surface area (Å²) in [5.41, 5.74) is 0. The van der Waals surface area contributed by atoms with Crippen molar-refractivity contribution >= 4 is 12.9 Å². The van der Waals surface area contributed by atoms with Crippen molar-refractivity contribution in [2.24, 2.45) is 5.92 Å². The van der Waals surface area contributed by atoms with E-state index in [2.05, 4.69) is 20.8 Å². The Hall–Kier alpha value is -1.06. The maximum Gasteiger partial charge on any atom is 0.290 e. The Morgan fingerprint density at radius 3 is 0.917 bits per heavy atom. The molecule has 0 aromatic heterocycles. The lowest BCUT2D eigenvalue weighted by Crippen LogP contribution is -1.66. The highest BCUT2D eigenvalue weighted by Gasteiger charge is 1.68. The Balaban J connectivity index is -0.0000000368. The lowest BCUT2D eigenvalue weighted by Gasteiger charge is -1.79. The van der Waals surface area contributed by atoms with E-state index in [1.54, 1.807) is 0 Å². The lowest BCUT2D eigenvalue weighted by atomic mass is 10.3. The molecule has 0 bridgehead atoms. The molecule has 4 heteroatoms. The first-order valence-electron chi connectivity index (χ1n) is 3.72. The Bertz CT molecular complexity index is 53.3. The lowest BCUT2D eigenvalue weighted by molar-refractivity contribution is -0.123. The molecule has 0 atom stereocenters. The summed E-state index contributed by atoms with van der Waals surface area (Å²) in [4.78, 5) is 16.7. The topological polar surface area (TPSA) is 74.6 Å². The third-order valence-corrected chi connectivity index (χ3v) is 0. The van der Waals surface area contributed by atoms with Gasteiger partial charge in [0.25, 0.3) is 12.9 Å². The summed E-state index contributed by atoms with van der Waals surface area (Å²) >= 11 is 0. The third kappa shape index (κ3) is 502. The van der Waals surface area contributed by atoms with E-state index >= 15 is 0 Å². The number of rotatable bonds is 0. The van der Waals surface area contributed by atoms with Crippen molar-refractivity contribution in [3.63, 3.8) is 0 Å². The molecular formula is C8H20O4. The van der Waals surface area contributed by atoms with E-state index in [1.807, 2.05) is 13.8 Å². The molecule has 2 N–H and O–H groups in total. The van der Waals surface area contributed by atoms with Crippen molar-refractivity contribution < 1.29 is 19.8 Å². The van der Waals surface area contributed by atoms with Crippen molar-refractivity contribution in [1.29, 1.82) is 0 Å². The molecule has 0 spiro atoms. The molecule has 0 aromatic rings. The van der Waals surface area contributed by atoms with Gasteiger partial charge in [0, 0.05) is 0 Å². The van der Waals surface area contributed by atoms with Gasteiger partial charge in [-0.1, -0.05) is 34.6 Å². The van der Waals surface area contributed by atoms with Crippen LogP contribution in [0.1, 0.15) is 34.6 Å². The van der Waals surface area contributed by atoms with Crippen LogP contribution in [-0.4, -0.2) is 23.2 Å². The minimum atomic E-state index is -0.250. The van der Waals surface area contributed by atoms with E-state index in [0.29, 0.717) is 0 Å². The van der Waals surface area contributed by atoms with Gasteiger partial charge in [0.05, 0.1) is 0 Å². The molecule has 0 rings (SSSR count). The first-order valence-corrected chi connectivity index (χ1v) is 3.72. The summed E-state index contributed by atoms with van der Waals surface area (Å²) < 4.78 is 0. The van der Waals surface area contributed by atoms with Crippen LogP contribution in [0.4, 0.5) is 0 Å². The monoisotopic (exact) mass is 180 g/mol. The van der Waals surface area contributed by atoms with E-state index in [0.717, 1.165) is 5.92 Å². The van der Waals surface area contributed by atoms with Gasteiger partial charge in [-0.15, -0.1) is 0 Å². The molecule has 0 saturated carbocycles. The van der Waals surface area contributed by atoms with E-state index in [-0.39, 0.29) is 12.9 Å². The minimum absolute atomic E-state index is 0.250. The van der Waals surface area contributed by atoms with E-state index in [1.165, 1.54) is 0 Å². The van der Waals surface area contributed by atoms with Crippen LogP contribution in [-0.2, 0) is 9.59 Å². The van der Waals surface area contributed by atoms with Crippen molar-refractivity contribution in [3.8, 4) is 0 Å². The van der Waals surface area contributed by atoms with Gasteiger partial charge in [-0.3, -0.25) is 9.59 Å². The van der Waals surface area contributed by atoms with Crippen molar-refractivity contribution in [2.45, 2.75) is 34.6 Å². The molecule has 12 heavy (non-hydrogen) atoms. The van der Waals surface area contributed by atoms with Gasteiger partial charge < -0.3 is 10.2 Å². The van der Waals surface area contributed by atoms with Gasteiger partial charge in [-0.05, 0) is 5.92 Å². The van der Waals surface area contributed by atoms with Crippen molar-refractivity contribution in [2.75, 3.05) is 0 Å². The summed E-state index contributed by atoms with van der Waals surface area (Å²) in [6.45, 7) is 10.00. The fraction of sp³-hybridized carbons (Fsp3) is 0.750. The van der Waals surface area contributed by atoms with Gasteiger partial charge in [0.1, 0.15) is 0 Å². The molecule has 0 radical (unpaired) electrons. The van der Waals surface area contributed by atoms with Crippen LogP contribution in [0.5, 0.6) is 0 Å². The SMILES string of the molecule is CC.CC(C)C.O=CO.O=CO. The predicted molar refractivity (Wildman–Crippen MR) is 49.2 cm³/mol. The fourth-order valence-electron chi connectivity index (χ4n) is 0. The predicted octanol–water partition coefficient (Wildman–Crippen LogP) is 2.09. The highest BCUT2D eigenvalue weighted by molar-refractivity contribution is 5.32. The molecular weight excluding hydrogens is 160 g/mol. The van der Waals surface area contributed by atoms with Crippen LogP contribution in [0.15, 0.2) is 0 Å². The van der Waals surface area contributed by atoms with Crippen LogP contribution < -0.4 is 0 Å². The molecule has 0 fully saturated rings. The third-order valence-electron chi connectivity index (χ3n) is 0. The van der Waals surface area contributed by atoms with Gasteiger partial charge in [-0.2, -0.15) is 0 Å². The zero-order valence-corrected chi connectivity index (χ0v) is 8.44. The van der Waals surface area contributed by atoms with Crippen LogP contribution >= 0.6 is 0 Å². The Kier molecular flexibility index (Phi) is 95.7. The van der Waals surface area contributed by atoms with Gasteiger partial charge in [0.2, 0.25) is 0 Å². The zero-order valence-electron chi connectivity index (χ0n) is 8.44. The normalized spacial score (nSPS) is 5.50. The number of carboxylic acid groups (broad SMARTS) is 2. The van der Waals surface area contributed by atoms with Crippen LogP contribution in [0.25, 0.3) is 0 Å². The number of hydrogen-bond acceptors (Lipinski definition) is 2. The van der Waals surface area contributed by atoms with Crippen LogP contribution in [0, 0.1) is 5.92 Å². The van der Waals surface area contributed by atoms with Gasteiger partial charge >= 0.3 is 0 Å². The molecule has 0 unspecified atom stereocenters. The maximum absolute atomic E-state index is 8.36. The molecule has 0 aromatic carbocycles. The summed E-state index contributed by atoms with van der Waals surface area (Å²) in [7, 11) is 0. The van der Waals surface area contributed by atoms with Crippen LogP contribution in [0.2, 0.25) is 0 Å². The Morgan fingerprint density at radius 1 is 0.917 bits per heavy atom. The minimum Gasteiger partial charge on any atom is -0.483 e. The molecule has 0 heterocycles.